The van der Waals surface area contributed by atoms with Gasteiger partial charge in [0, 0.05) is 26.9 Å². The molecule has 0 aliphatic heterocycles. The Morgan fingerprint density at radius 3 is 1.53 bits per heavy atom. The van der Waals surface area contributed by atoms with Gasteiger partial charge in [-0.1, -0.05) is 39.3 Å². The first kappa shape index (κ1) is 16.1. The summed E-state index contributed by atoms with van der Waals surface area (Å²) in [6.07, 6.45) is 0. The fourth-order valence-corrected chi connectivity index (χ4v) is 0.591. The van der Waals surface area contributed by atoms with Crippen molar-refractivity contribution in [2.45, 2.75) is 46.2 Å². The highest BCUT2D eigenvalue weighted by atomic mass is 29.3. The summed E-state index contributed by atoms with van der Waals surface area (Å²) in [5, 5.41) is 0. The molecule has 0 radical (unpaired) electrons. The zero-order valence-corrected chi connectivity index (χ0v) is 13.9. The van der Waals surface area contributed by atoms with Crippen LogP contribution >= 0.6 is 0 Å². The summed E-state index contributed by atoms with van der Waals surface area (Å²) in [5.41, 5.74) is -0.250. The van der Waals surface area contributed by atoms with Crippen LogP contribution in [0.5, 0.6) is 0 Å². The van der Waals surface area contributed by atoms with Crippen molar-refractivity contribution < 1.29 is 0 Å². The summed E-state index contributed by atoms with van der Waals surface area (Å²) in [6, 6.07) is 1.32. The summed E-state index contributed by atoms with van der Waals surface area (Å²) >= 11 is 0. The summed E-state index contributed by atoms with van der Waals surface area (Å²) < 4.78 is 0. The van der Waals surface area contributed by atoms with Crippen molar-refractivity contribution in [1.82, 2.24) is 9.97 Å². The Bertz CT molecular complexity index is 424. The molecule has 0 amide bonds. The lowest BCUT2D eigenvalue weighted by Gasteiger charge is -2.30. The van der Waals surface area contributed by atoms with Crippen LogP contribution in [0, 0.1) is 6.92 Å². The third-order valence-electron chi connectivity index (χ3n) is 3.15. The number of nitrogens with one attached hydrogen (secondary N) is 2. The molecule has 0 fully saturated rings. The van der Waals surface area contributed by atoms with Crippen molar-refractivity contribution in [2.24, 2.45) is 0 Å². The molecule has 0 bridgehead atoms. The Morgan fingerprint density at radius 1 is 0.882 bits per heavy atom. The van der Waals surface area contributed by atoms with E-state index in [0.29, 0.717) is 5.69 Å². The molecule has 0 aliphatic carbocycles. The number of rotatable bonds is 1. The Hall–Kier alpha value is -0.886. The molecule has 1 aromatic rings. The van der Waals surface area contributed by atoms with Crippen LogP contribution < -0.4 is 11.2 Å². The molecule has 1 aromatic heterocycles. The third-order valence-corrected chi connectivity index (χ3v) is 21.1. The molecule has 6 heteroatoms. The van der Waals surface area contributed by atoms with Crippen LogP contribution in [0.15, 0.2) is 15.7 Å². The summed E-state index contributed by atoms with van der Waals surface area (Å²) in [4.78, 5) is 25.3. The minimum atomic E-state index is -0.720. The van der Waals surface area contributed by atoms with E-state index in [4.69, 9.17) is 0 Å². The fourth-order valence-electron chi connectivity index (χ4n) is 0.591. The molecule has 2 N–H and O–H groups in total. The zero-order chi connectivity index (χ0) is 13.9. The van der Waals surface area contributed by atoms with Crippen LogP contribution in [-0.2, 0) is 0 Å². The Balaban J connectivity index is 0.000000304. The van der Waals surface area contributed by atoms with Crippen LogP contribution in [0.4, 0.5) is 0 Å². The van der Waals surface area contributed by atoms with Crippen molar-refractivity contribution in [3.05, 3.63) is 32.6 Å². The molecule has 0 unspecified atom stereocenters. The SMILES string of the molecule is C[Si](C)(C)[Si](C)(C)C.Cc1cc(=O)[nH]c(=O)[nH]1. The first-order valence-electron chi connectivity index (χ1n) is 5.74. The second kappa shape index (κ2) is 5.64. The Morgan fingerprint density at radius 2 is 1.29 bits per heavy atom. The van der Waals surface area contributed by atoms with Gasteiger partial charge in [0.05, 0.1) is 0 Å². The number of hydrogen-bond acceptors (Lipinski definition) is 2. The minimum Gasteiger partial charge on any atom is -0.312 e. The quantitative estimate of drug-likeness (QED) is 0.769. The molecule has 0 aromatic carbocycles. The van der Waals surface area contributed by atoms with E-state index in [9.17, 15) is 9.59 Å². The molecule has 0 aliphatic rings. The first-order valence-corrected chi connectivity index (χ1v) is 13.7. The average Bonchev–Trinajstić information content (AvgIpc) is 1.96. The van der Waals surface area contributed by atoms with E-state index in [1.165, 1.54) is 6.07 Å². The largest absolute Gasteiger partial charge is 0.325 e. The molecule has 17 heavy (non-hydrogen) atoms. The van der Waals surface area contributed by atoms with Gasteiger partial charge < -0.3 is 4.98 Å². The summed E-state index contributed by atoms with van der Waals surface area (Å²) in [5.74, 6) is 0. The molecule has 0 saturated heterocycles. The maximum absolute atomic E-state index is 10.4. The highest BCUT2D eigenvalue weighted by Gasteiger charge is 2.31. The van der Waals surface area contributed by atoms with Crippen LogP contribution in [0.25, 0.3) is 0 Å². The molecule has 1 heterocycles. The highest BCUT2D eigenvalue weighted by molar-refractivity contribution is 7.39. The second-order valence-corrected chi connectivity index (χ2v) is 24.3. The molecule has 1 rings (SSSR count). The maximum atomic E-state index is 10.4. The lowest BCUT2D eigenvalue weighted by atomic mass is 10.5. The smallest absolute Gasteiger partial charge is 0.312 e. The van der Waals surface area contributed by atoms with Gasteiger partial charge in [0.2, 0.25) is 0 Å². The number of aromatic nitrogens is 2. The fraction of sp³-hybridized carbons (Fsp3) is 0.636. The van der Waals surface area contributed by atoms with Crippen LogP contribution in [0.2, 0.25) is 39.3 Å². The number of hydrogen-bond donors (Lipinski definition) is 2. The lowest BCUT2D eigenvalue weighted by Crippen LogP contribution is -2.49. The van der Waals surface area contributed by atoms with Gasteiger partial charge in [-0.15, -0.1) is 0 Å². The van der Waals surface area contributed by atoms with E-state index in [0.717, 1.165) is 0 Å². The number of aromatic amines is 2. The van der Waals surface area contributed by atoms with E-state index < -0.39 is 20.9 Å². The Kier molecular flexibility index (Phi) is 5.34. The van der Waals surface area contributed by atoms with Gasteiger partial charge in [-0.2, -0.15) is 0 Å². The number of H-pyrrole nitrogens is 2. The van der Waals surface area contributed by atoms with Crippen LogP contribution in [0.3, 0.4) is 0 Å². The van der Waals surface area contributed by atoms with E-state index >= 15 is 0 Å². The predicted molar refractivity (Wildman–Crippen MR) is 79.1 cm³/mol. The molecular weight excluding hydrogens is 248 g/mol. The van der Waals surface area contributed by atoms with E-state index in [1.807, 2.05) is 4.98 Å². The van der Waals surface area contributed by atoms with Crippen molar-refractivity contribution in [3.63, 3.8) is 0 Å². The first-order chi connectivity index (χ1) is 7.43. The molecular formula is C11H24N2O2Si2. The standard InChI is InChI=1S/C6H18Si2.C5H6N2O2/c1-7(2,3)8(4,5)6;1-3-2-4(8)7-5(9)6-3/h1-6H3;2H,1H3,(H2,6,7,8,9). The summed E-state index contributed by atoms with van der Waals surface area (Å²) in [6.45, 7) is 16.5. The van der Waals surface area contributed by atoms with Gasteiger partial charge in [-0.25, -0.2) is 4.79 Å². The van der Waals surface area contributed by atoms with E-state index in [2.05, 4.69) is 44.3 Å². The summed E-state index contributed by atoms with van der Waals surface area (Å²) in [7, 11) is -1.44. The predicted octanol–water partition coefficient (Wildman–Crippen LogP) is 2.11. The molecule has 98 valence electrons. The van der Waals surface area contributed by atoms with Gasteiger partial charge >= 0.3 is 5.69 Å². The highest BCUT2D eigenvalue weighted by Crippen LogP contribution is 2.16. The molecule has 0 saturated carbocycles. The third kappa shape index (κ3) is 6.42. The van der Waals surface area contributed by atoms with Crippen molar-refractivity contribution >= 4 is 15.2 Å². The van der Waals surface area contributed by atoms with Crippen molar-refractivity contribution in [1.29, 1.82) is 0 Å². The molecule has 0 spiro atoms. The van der Waals surface area contributed by atoms with Crippen molar-refractivity contribution in [2.75, 3.05) is 0 Å². The van der Waals surface area contributed by atoms with E-state index in [1.54, 1.807) is 6.92 Å². The van der Waals surface area contributed by atoms with Crippen LogP contribution in [0.1, 0.15) is 5.69 Å². The van der Waals surface area contributed by atoms with Crippen LogP contribution in [-0.4, -0.2) is 25.2 Å². The average molecular weight is 272 g/mol. The second-order valence-electron chi connectivity index (χ2n) is 6.27. The van der Waals surface area contributed by atoms with Crippen molar-refractivity contribution in [3.8, 4) is 0 Å². The topological polar surface area (TPSA) is 65.7 Å². The normalized spacial score (nSPS) is 11.7. The van der Waals surface area contributed by atoms with Gasteiger partial charge in [0.15, 0.2) is 0 Å². The monoisotopic (exact) mass is 272 g/mol. The minimum absolute atomic E-state index is 0.365. The van der Waals surface area contributed by atoms with Gasteiger partial charge in [0.1, 0.15) is 0 Å². The van der Waals surface area contributed by atoms with E-state index in [-0.39, 0.29) is 5.56 Å². The molecule has 4 nitrogen and oxygen atoms in total. The molecule has 0 atom stereocenters. The van der Waals surface area contributed by atoms with Gasteiger partial charge in [-0.05, 0) is 6.92 Å². The zero-order valence-electron chi connectivity index (χ0n) is 11.9. The lowest BCUT2D eigenvalue weighted by molar-refractivity contribution is 0.994. The number of aryl methyl sites for hydroxylation is 1. The van der Waals surface area contributed by atoms with Gasteiger partial charge in [0.25, 0.3) is 5.56 Å². The Labute approximate surface area is 104 Å². The van der Waals surface area contributed by atoms with Gasteiger partial charge in [-0.3, -0.25) is 9.78 Å². The maximum Gasteiger partial charge on any atom is 0.325 e.